The summed E-state index contributed by atoms with van der Waals surface area (Å²) < 4.78 is 38.2. The second-order valence-corrected chi connectivity index (χ2v) is 5.65. The molecule has 1 aromatic carbocycles. The highest BCUT2D eigenvalue weighted by Crippen LogP contribution is 2.33. The van der Waals surface area contributed by atoms with Crippen molar-refractivity contribution in [2.45, 2.75) is 25.9 Å². The van der Waals surface area contributed by atoms with E-state index in [2.05, 4.69) is 5.32 Å². The number of piperidine rings is 1. The normalized spacial score (nSPS) is 19.5. The van der Waals surface area contributed by atoms with Crippen LogP contribution in [0, 0.1) is 12.8 Å². The number of halogens is 4. The van der Waals surface area contributed by atoms with E-state index in [0.717, 1.165) is 5.56 Å². The van der Waals surface area contributed by atoms with Crippen LogP contribution in [-0.4, -0.2) is 30.2 Å². The van der Waals surface area contributed by atoms with Crippen LogP contribution in [0.1, 0.15) is 18.4 Å². The third-order valence-electron chi connectivity index (χ3n) is 3.61. The summed E-state index contributed by atoms with van der Waals surface area (Å²) in [6, 6.07) is 4.49. The van der Waals surface area contributed by atoms with Crippen LogP contribution in [0.5, 0.6) is 0 Å². The maximum absolute atomic E-state index is 12.7. The van der Waals surface area contributed by atoms with Gasteiger partial charge in [-0.2, -0.15) is 13.2 Å². The number of carbonyl (C=O) groups is 1. The quantitative estimate of drug-likeness (QED) is 0.814. The third-order valence-corrected chi connectivity index (χ3v) is 3.85. The molecule has 2 rings (SSSR count). The number of amides is 2. The molecule has 3 nitrogen and oxygen atoms in total. The minimum atomic E-state index is -4.26. The van der Waals surface area contributed by atoms with Crippen molar-refractivity contribution >= 4 is 23.3 Å². The molecule has 0 bridgehead atoms. The first-order chi connectivity index (χ1) is 9.77. The number of aryl methyl sites for hydroxylation is 1. The van der Waals surface area contributed by atoms with Crippen molar-refractivity contribution in [3.63, 3.8) is 0 Å². The maximum Gasteiger partial charge on any atom is 0.393 e. The molecular formula is C14H16ClF3N2O. The lowest BCUT2D eigenvalue weighted by molar-refractivity contribution is -0.183. The van der Waals surface area contributed by atoms with Crippen molar-refractivity contribution in [2.75, 3.05) is 18.4 Å². The zero-order chi connectivity index (χ0) is 15.6. The van der Waals surface area contributed by atoms with Gasteiger partial charge in [0.25, 0.3) is 0 Å². The summed E-state index contributed by atoms with van der Waals surface area (Å²) >= 11 is 5.86. The molecule has 116 valence electrons. The van der Waals surface area contributed by atoms with Crippen LogP contribution in [-0.2, 0) is 0 Å². The molecule has 1 aliphatic rings. The van der Waals surface area contributed by atoms with Gasteiger partial charge in [0.05, 0.1) is 5.92 Å². The molecule has 1 fully saturated rings. The molecule has 0 spiro atoms. The fourth-order valence-electron chi connectivity index (χ4n) is 2.35. The Bertz CT molecular complexity index is 533. The number of likely N-dealkylation sites (tertiary alicyclic amines) is 1. The number of benzene rings is 1. The Hall–Kier alpha value is -1.43. The molecule has 1 aliphatic heterocycles. The molecule has 21 heavy (non-hydrogen) atoms. The predicted molar refractivity (Wildman–Crippen MR) is 75.6 cm³/mol. The number of urea groups is 1. The van der Waals surface area contributed by atoms with Gasteiger partial charge >= 0.3 is 12.2 Å². The SMILES string of the molecule is Cc1ccc(Cl)cc1NC(=O)N1CCCC(C(F)(F)F)C1. The lowest BCUT2D eigenvalue weighted by Crippen LogP contribution is -2.46. The highest BCUT2D eigenvalue weighted by Gasteiger charge is 2.42. The van der Waals surface area contributed by atoms with Gasteiger partial charge in [-0.15, -0.1) is 0 Å². The average Bonchev–Trinajstić information content (AvgIpc) is 2.42. The van der Waals surface area contributed by atoms with Crippen LogP contribution in [0.25, 0.3) is 0 Å². The third kappa shape index (κ3) is 4.03. The zero-order valence-corrected chi connectivity index (χ0v) is 12.3. The Labute approximate surface area is 126 Å². The Morgan fingerprint density at radius 3 is 2.81 bits per heavy atom. The molecule has 2 amide bonds. The van der Waals surface area contributed by atoms with Gasteiger partial charge in [0.15, 0.2) is 0 Å². The lowest BCUT2D eigenvalue weighted by Gasteiger charge is -2.33. The number of alkyl halides is 3. The first-order valence-electron chi connectivity index (χ1n) is 6.66. The molecule has 0 aromatic heterocycles. The smallest absolute Gasteiger partial charge is 0.324 e. The molecule has 1 aromatic rings. The van der Waals surface area contributed by atoms with Gasteiger partial charge in [0, 0.05) is 23.8 Å². The van der Waals surface area contributed by atoms with Gasteiger partial charge in [0.1, 0.15) is 0 Å². The van der Waals surface area contributed by atoms with E-state index >= 15 is 0 Å². The highest BCUT2D eigenvalue weighted by atomic mass is 35.5. The molecule has 1 atom stereocenters. The van der Waals surface area contributed by atoms with E-state index in [1.54, 1.807) is 25.1 Å². The van der Waals surface area contributed by atoms with E-state index in [4.69, 9.17) is 11.6 Å². The minimum Gasteiger partial charge on any atom is -0.324 e. The Balaban J connectivity index is 2.04. The molecule has 1 heterocycles. The van der Waals surface area contributed by atoms with Crippen molar-refractivity contribution in [1.29, 1.82) is 0 Å². The summed E-state index contributed by atoms with van der Waals surface area (Å²) in [7, 11) is 0. The number of rotatable bonds is 1. The van der Waals surface area contributed by atoms with Crippen LogP contribution in [0.2, 0.25) is 5.02 Å². The molecule has 0 aliphatic carbocycles. The standard InChI is InChI=1S/C14H16ClF3N2O/c1-9-4-5-11(15)7-12(9)19-13(21)20-6-2-3-10(8-20)14(16,17)18/h4-5,7,10H,2-3,6,8H2,1H3,(H,19,21). The molecular weight excluding hydrogens is 305 g/mol. The predicted octanol–water partition coefficient (Wildman–Crippen LogP) is 4.45. The first-order valence-corrected chi connectivity index (χ1v) is 7.04. The second-order valence-electron chi connectivity index (χ2n) is 5.22. The summed E-state index contributed by atoms with van der Waals surface area (Å²) in [5.41, 5.74) is 1.32. The summed E-state index contributed by atoms with van der Waals surface area (Å²) in [6.07, 6.45) is -3.83. The summed E-state index contributed by atoms with van der Waals surface area (Å²) in [4.78, 5) is 13.3. The van der Waals surface area contributed by atoms with E-state index in [1.165, 1.54) is 4.90 Å². The van der Waals surface area contributed by atoms with Gasteiger partial charge in [-0.25, -0.2) is 4.79 Å². The van der Waals surface area contributed by atoms with Crippen LogP contribution in [0.4, 0.5) is 23.7 Å². The molecule has 1 unspecified atom stereocenters. The van der Waals surface area contributed by atoms with Crippen molar-refractivity contribution in [2.24, 2.45) is 5.92 Å². The summed E-state index contributed by atoms with van der Waals surface area (Å²) in [6.45, 7) is 1.83. The van der Waals surface area contributed by atoms with Gasteiger partial charge < -0.3 is 10.2 Å². The molecule has 1 saturated heterocycles. The largest absolute Gasteiger partial charge is 0.393 e. The van der Waals surface area contributed by atoms with Gasteiger partial charge in [0.2, 0.25) is 0 Å². The first kappa shape index (κ1) is 15.9. The number of nitrogens with one attached hydrogen (secondary N) is 1. The summed E-state index contributed by atoms with van der Waals surface area (Å²) in [5.74, 6) is -1.45. The highest BCUT2D eigenvalue weighted by molar-refractivity contribution is 6.31. The number of hydrogen-bond acceptors (Lipinski definition) is 1. The van der Waals surface area contributed by atoms with E-state index in [-0.39, 0.29) is 13.0 Å². The fraction of sp³-hybridized carbons (Fsp3) is 0.500. The van der Waals surface area contributed by atoms with Gasteiger partial charge in [-0.05, 0) is 37.5 Å². The topological polar surface area (TPSA) is 32.3 Å². The molecule has 0 radical (unpaired) electrons. The minimum absolute atomic E-state index is 0.0729. The van der Waals surface area contributed by atoms with E-state index < -0.39 is 18.1 Å². The van der Waals surface area contributed by atoms with Crippen LogP contribution >= 0.6 is 11.6 Å². The van der Waals surface area contributed by atoms with Crippen molar-refractivity contribution in [3.05, 3.63) is 28.8 Å². The molecule has 7 heteroatoms. The van der Waals surface area contributed by atoms with E-state index in [0.29, 0.717) is 23.7 Å². The Kier molecular flexibility index (Phi) is 4.66. The number of hydrogen-bond donors (Lipinski definition) is 1. The average molecular weight is 321 g/mol. The van der Waals surface area contributed by atoms with Crippen molar-refractivity contribution < 1.29 is 18.0 Å². The maximum atomic E-state index is 12.7. The molecule has 1 N–H and O–H groups in total. The fourth-order valence-corrected chi connectivity index (χ4v) is 2.52. The van der Waals surface area contributed by atoms with Crippen LogP contribution < -0.4 is 5.32 Å². The number of nitrogens with zero attached hydrogens (tertiary/aromatic N) is 1. The number of anilines is 1. The lowest BCUT2D eigenvalue weighted by atomic mass is 9.98. The Morgan fingerprint density at radius 2 is 2.14 bits per heavy atom. The Morgan fingerprint density at radius 1 is 1.43 bits per heavy atom. The van der Waals surface area contributed by atoms with E-state index in [1.807, 2.05) is 0 Å². The molecule has 0 saturated carbocycles. The van der Waals surface area contributed by atoms with Crippen LogP contribution in [0.3, 0.4) is 0 Å². The monoisotopic (exact) mass is 320 g/mol. The van der Waals surface area contributed by atoms with E-state index in [9.17, 15) is 18.0 Å². The van der Waals surface area contributed by atoms with Gasteiger partial charge in [-0.1, -0.05) is 17.7 Å². The number of carbonyl (C=O) groups excluding carboxylic acids is 1. The summed E-state index contributed by atoms with van der Waals surface area (Å²) in [5, 5.41) is 3.09. The van der Waals surface area contributed by atoms with Crippen LogP contribution in [0.15, 0.2) is 18.2 Å². The zero-order valence-electron chi connectivity index (χ0n) is 11.5. The van der Waals surface area contributed by atoms with Crippen molar-refractivity contribution in [1.82, 2.24) is 4.90 Å². The second kappa shape index (κ2) is 6.13. The van der Waals surface area contributed by atoms with Gasteiger partial charge in [-0.3, -0.25) is 0 Å². The van der Waals surface area contributed by atoms with Crippen molar-refractivity contribution in [3.8, 4) is 0 Å².